The molecule has 1 aromatic rings. The molecule has 1 N–H and O–H groups in total. The number of para-hydroxylation sites is 1. The van der Waals surface area contributed by atoms with Crippen LogP contribution in [0.2, 0.25) is 0 Å². The van der Waals surface area contributed by atoms with Crippen molar-refractivity contribution in [2.24, 2.45) is 0 Å². The molecule has 0 atom stereocenters. The molecular weight excluding hydrogens is 296 g/mol. The standard InChI is InChI=1S/C13H18N2O5S/c16-15(17)13-9-5-4-6-11(13)10-20-21(18,19)14-12-7-2-1-3-8-12/h4-6,9,12,14H,1-3,7-8,10H2. The van der Waals surface area contributed by atoms with Gasteiger partial charge in [-0.1, -0.05) is 31.4 Å². The van der Waals surface area contributed by atoms with Crippen molar-refractivity contribution in [3.63, 3.8) is 0 Å². The van der Waals surface area contributed by atoms with E-state index in [4.69, 9.17) is 4.18 Å². The molecule has 0 aliphatic heterocycles. The second-order valence-corrected chi connectivity index (χ2v) is 6.43. The third-order valence-corrected chi connectivity index (χ3v) is 4.52. The molecule has 0 amide bonds. The van der Waals surface area contributed by atoms with Crippen LogP contribution in [0.15, 0.2) is 24.3 Å². The lowest BCUT2D eigenvalue weighted by atomic mass is 9.96. The summed E-state index contributed by atoms with van der Waals surface area (Å²) in [6, 6.07) is 5.83. The first-order chi connectivity index (χ1) is 9.98. The van der Waals surface area contributed by atoms with Crippen molar-refractivity contribution in [3.8, 4) is 0 Å². The highest BCUT2D eigenvalue weighted by Gasteiger charge is 2.22. The topological polar surface area (TPSA) is 98.5 Å². The molecule has 0 unspecified atom stereocenters. The van der Waals surface area contributed by atoms with E-state index in [-0.39, 0.29) is 23.9 Å². The number of nitro benzene ring substituents is 1. The van der Waals surface area contributed by atoms with E-state index in [1.807, 2.05) is 0 Å². The number of nitrogens with zero attached hydrogens (tertiary/aromatic N) is 1. The van der Waals surface area contributed by atoms with Crippen molar-refractivity contribution >= 4 is 16.0 Å². The van der Waals surface area contributed by atoms with Crippen LogP contribution in [0, 0.1) is 10.1 Å². The summed E-state index contributed by atoms with van der Waals surface area (Å²) in [5, 5.41) is 10.8. The second-order valence-electron chi connectivity index (χ2n) is 5.05. The Bertz CT molecular complexity index is 596. The van der Waals surface area contributed by atoms with E-state index in [1.165, 1.54) is 18.2 Å². The first-order valence-corrected chi connectivity index (χ1v) is 8.28. The average molecular weight is 314 g/mol. The second kappa shape index (κ2) is 6.97. The summed E-state index contributed by atoms with van der Waals surface area (Å²) in [7, 11) is -3.89. The molecule has 116 valence electrons. The van der Waals surface area contributed by atoms with Gasteiger partial charge in [0.15, 0.2) is 0 Å². The largest absolute Gasteiger partial charge is 0.336 e. The minimum Gasteiger partial charge on any atom is -0.258 e. The van der Waals surface area contributed by atoms with Gasteiger partial charge in [0.1, 0.15) is 0 Å². The Morgan fingerprint density at radius 2 is 1.90 bits per heavy atom. The predicted octanol–water partition coefficient (Wildman–Crippen LogP) is 2.28. The first-order valence-electron chi connectivity index (χ1n) is 6.87. The zero-order chi connectivity index (χ0) is 15.3. The summed E-state index contributed by atoms with van der Waals surface area (Å²) >= 11 is 0. The van der Waals surface area contributed by atoms with Gasteiger partial charge in [0, 0.05) is 12.1 Å². The van der Waals surface area contributed by atoms with Gasteiger partial charge in [0.05, 0.1) is 17.1 Å². The van der Waals surface area contributed by atoms with E-state index >= 15 is 0 Å². The third-order valence-electron chi connectivity index (χ3n) is 3.47. The average Bonchev–Trinajstić information content (AvgIpc) is 2.46. The molecule has 0 heterocycles. The number of benzene rings is 1. The Labute approximate surface area is 123 Å². The molecular formula is C13H18N2O5S. The van der Waals surface area contributed by atoms with Crippen molar-refractivity contribution < 1.29 is 17.5 Å². The van der Waals surface area contributed by atoms with E-state index in [1.54, 1.807) is 6.07 Å². The zero-order valence-corrected chi connectivity index (χ0v) is 12.3. The molecule has 1 aliphatic rings. The maximum atomic E-state index is 11.9. The number of rotatable bonds is 6. The van der Waals surface area contributed by atoms with Gasteiger partial charge in [0.25, 0.3) is 5.69 Å². The lowest BCUT2D eigenvalue weighted by Crippen LogP contribution is -2.37. The summed E-state index contributed by atoms with van der Waals surface area (Å²) in [5.41, 5.74) is 0.0851. The Morgan fingerprint density at radius 3 is 2.57 bits per heavy atom. The highest BCUT2D eigenvalue weighted by Crippen LogP contribution is 2.21. The monoisotopic (exact) mass is 314 g/mol. The molecule has 0 bridgehead atoms. The van der Waals surface area contributed by atoms with Crippen molar-refractivity contribution in [1.82, 2.24) is 4.72 Å². The van der Waals surface area contributed by atoms with E-state index in [0.717, 1.165) is 32.1 Å². The lowest BCUT2D eigenvalue weighted by molar-refractivity contribution is -0.385. The van der Waals surface area contributed by atoms with Crippen LogP contribution < -0.4 is 4.72 Å². The van der Waals surface area contributed by atoms with E-state index in [0.29, 0.717) is 0 Å². The van der Waals surface area contributed by atoms with E-state index in [9.17, 15) is 18.5 Å². The van der Waals surface area contributed by atoms with Crippen LogP contribution in [-0.4, -0.2) is 19.4 Å². The summed E-state index contributed by atoms with van der Waals surface area (Å²) in [6.07, 6.45) is 4.71. The molecule has 21 heavy (non-hydrogen) atoms. The maximum Gasteiger partial charge on any atom is 0.336 e. The number of nitro groups is 1. The fourth-order valence-corrected chi connectivity index (χ4v) is 3.40. The molecule has 0 saturated heterocycles. The van der Waals surface area contributed by atoms with Crippen molar-refractivity contribution in [2.75, 3.05) is 0 Å². The van der Waals surface area contributed by atoms with Gasteiger partial charge < -0.3 is 0 Å². The molecule has 1 fully saturated rings. The van der Waals surface area contributed by atoms with Gasteiger partial charge in [0.2, 0.25) is 0 Å². The molecule has 0 aromatic heterocycles. The molecule has 1 aromatic carbocycles. The highest BCUT2D eigenvalue weighted by molar-refractivity contribution is 7.84. The molecule has 7 nitrogen and oxygen atoms in total. The summed E-state index contributed by atoms with van der Waals surface area (Å²) in [5.74, 6) is 0. The molecule has 1 saturated carbocycles. The summed E-state index contributed by atoms with van der Waals surface area (Å²) in [6.45, 7) is -0.348. The Balaban J connectivity index is 1.96. The van der Waals surface area contributed by atoms with Crippen LogP contribution >= 0.6 is 0 Å². The van der Waals surface area contributed by atoms with Crippen LogP contribution in [0.4, 0.5) is 5.69 Å². The van der Waals surface area contributed by atoms with Crippen LogP contribution in [0.25, 0.3) is 0 Å². The molecule has 0 spiro atoms. The fourth-order valence-electron chi connectivity index (χ4n) is 2.41. The molecule has 1 aliphatic carbocycles. The summed E-state index contributed by atoms with van der Waals surface area (Å²) < 4.78 is 31.1. The van der Waals surface area contributed by atoms with Crippen LogP contribution in [0.5, 0.6) is 0 Å². The fraction of sp³-hybridized carbons (Fsp3) is 0.538. The Hall–Kier alpha value is -1.51. The predicted molar refractivity (Wildman–Crippen MR) is 76.8 cm³/mol. The summed E-state index contributed by atoms with van der Waals surface area (Å²) in [4.78, 5) is 10.3. The zero-order valence-electron chi connectivity index (χ0n) is 11.5. The molecule has 8 heteroatoms. The van der Waals surface area contributed by atoms with Crippen LogP contribution in [-0.2, 0) is 21.1 Å². The third kappa shape index (κ3) is 4.76. The van der Waals surface area contributed by atoms with E-state index < -0.39 is 15.2 Å². The van der Waals surface area contributed by atoms with Crippen molar-refractivity contribution in [1.29, 1.82) is 0 Å². The Kier molecular flexibility index (Phi) is 5.27. The van der Waals surface area contributed by atoms with Crippen LogP contribution in [0.1, 0.15) is 37.7 Å². The van der Waals surface area contributed by atoms with Gasteiger partial charge >= 0.3 is 10.3 Å². The lowest BCUT2D eigenvalue weighted by Gasteiger charge is -2.22. The highest BCUT2D eigenvalue weighted by atomic mass is 32.2. The van der Waals surface area contributed by atoms with Crippen LogP contribution in [0.3, 0.4) is 0 Å². The number of hydrogen-bond acceptors (Lipinski definition) is 5. The minimum atomic E-state index is -3.89. The smallest absolute Gasteiger partial charge is 0.258 e. The van der Waals surface area contributed by atoms with Gasteiger partial charge in [-0.25, -0.2) is 0 Å². The SMILES string of the molecule is O=[N+]([O-])c1ccccc1COS(=O)(=O)NC1CCCCC1. The van der Waals surface area contributed by atoms with Gasteiger partial charge in [-0.05, 0) is 18.9 Å². The number of nitrogens with one attached hydrogen (secondary N) is 1. The maximum absolute atomic E-state index is 11.9. The van der Waals surface area contributed by atoms with E-state index in [2.05, 4.69) is 4.72 Å². The Morgan fingerprint density at radius 1 is 1.24 bits per heavy atom. The van der Waals surface area contributed by atoms with Gasteiger partial charge in [-0.3, -0.25) is 14.3 Å². The first kappa shape index (κ1) is 15.9. The molecule has 2 rings (SSSR count). The minimum absolute atomic E-state index is 0.102. The number of hydrogen-bond donors (Lipinski definition) is 1. The van der Waals surface area contributed by atoms with Gasteiger partial charge in [-0.2, -0.15) is 13.1 Å². The quantitative estimate of drug-likeness (QED) is 0.641. The van der Waals surface area contributed by atoms with Crippen molar-refractivity contribution in [3.05, 3.63) is 39.9 Å². The van der Waals surface area contributed by atoms with Crippen molar-refractivity contribution in [2.45, 2.75) is 44.8 Å². The normalized spacial score (nSPS) is 16.8. The van der Waals surface area contributed by atoms with Gasteiger partial charge in [-0.15, -0.1) is 0 Å². The molecule has 0 radical (unpaired) electrons.